The number of methoxy groups -OCH3 is 1. The number of anilines is 1. The number of nitrogens with zero attached hydrogens (tertiary/aromatic N) is 2. The Labute approximate surface area is 81.7 Å². The molecule has 0 saturated heterocycles. The van der Waals surface area contributed by atoms with Crippen LogP contribution in [0.4, 0.5) is 5.82 Å². The SMILES string of the molecule is COc1c(Cl)ncnc1NS(=O)[O-]. The average molecular weight is 223 g/mol. The van der Waals surface area contributed by atoms with Crippen molar-refractivity contribution in [2.75, 3.05) is 11.8 Å². The zero-order valence-electron chi connectivity index (χ0n) is 6.48. The second-order valence-corrected chi connectivity index (χ2v) is 2.91. The third-order valence-corrected chi connectivity index (χ3v) is 1.77. The minimum atomic E-state index is -2.47. The zero-order valence-corrected chi connectivity index (χ0v) is 8.06. The lowest BCUT2D eigenvalue weighted by Crippen LogP contribution is -2.06. The predicted molar refractivity (Wildman–Crippen MR) is 46.1 cm³/mol. The lowest BCUT2D eigenvalue weighted by molar-refractivity contribution is 0.413. The molecule has 6 nitrogen and oxygen atoms in total. The Morgan fingerprint density at radius 1 is 1.69 bits per heavy atom. The molecule has 1 aromatic rings. The first-order chi connectivity index (χ1) is 6.15. The van der Waals surface area contributed by atoms with Crippen molar-refractivity contribution in [1.82, 2.24) is 9.97 Å². The van der Waals surface area contributed by atoms with Gasteiger partial charge in [0.05, 0.1) is 7.11 Å². The lowest BCUT2D eigenvalue weighted by atomic mass is 10.5. The van der Waals surface area contributed by atoms with Crippen LogP contribution in [-0.2, 0) is 11.3 Å². The molecule has 13 heavy (non-hydrogen) atoms. The maximum Gasteiger partial charge on any atom is 0.199 e. The molecule has 0 aliphatic heterocycles. The fraction of sp³-hybridized carbons (Fsp3) is 0.200. The monoisotopic (exact) mass is 222 g/mol. The third-order valence-electron chi connectivity index (χ3n) is 1.14. The van der Waals surface area contributed by atoms with Crippen LogP contribution in [0.25, 0.3) is 0 Å². The molecule has 72 valence electrons. The van der Waals surface area contributed by atoms with Crippen LogP contribution in [0, 0.1) is 0 Å². The van der Waals surface area contributed by atoms with Gasteiger partial charge in [-0.25, -0.2) is 9.97 Å². The molecule has 0 radical (unpaired) electrons. The van der Waals surface area contributed by atoms with Crippen molar-refractivity contribution in [2.45, 2.75) is 0 Å². The highest BCUT2D eigenvalue weighted by atomic mass is 35.5. The van der Waals surface area contributed by atoms with E-state index in [1.807, 2.05) is 4.72 Å². The Hall–Kier alpha value is -0.920. The third kappa shape index (κ3) is 2.51. The van der Waals surface area contributed by atoms with E-state index in [-0.39, 0.29) is 16.7 Å². The van der Waals surface area contributed by atoms with Gasteiger partial charge in [-0.2, -0.15) is 0 Å². The molecule has 0 spiro atoms. The molecule has 0 saturated carbocycles. The van der Waals surface area contributed by atoms with Gasteiger partial charge in [-0.1, -0.05) is 11.6 Å². The van der Waals surface area contributed by atoms with Crippen LogP contribution < -0.4 is 9.46 Å². The number of hydrogen-bond donors (Lipinski definition) is 1. The summed E-state index contributed by atoms with van der Waals surface area (Å²) >= 11 is 3.13. The van der Waals surface area contributed by atoms with Crippen LogP contribution >= 0.6 is 11.6 Å². The summed E-state index contributed by atoms with van der Waals surface area (Å²) in [4.78, 5) is 7.23. The van der Waals surface area contributed by atoms with Gasteiger partial charge in [-0.05, 0) is 0 Å². The molecule has 1 rings (SSSR count). The van der Waals surface area contributed by atoms with E-state index in [4.69, 9.17) is 16.3 Å². The molecule has 0 aliphatic rings. The van der Waals surface area contributed by atoms with Crippen molar-refractivity contribution in [2.24, 2.45) is 0 Å². The van der Waals surface area contributed by atoms with E-state index in [1.54, 1.807) is 0 Å². The largest absolute Gasteiger partial charge is 0.755 e. The van der Waals surface area contributed by atoms with Gasteiger partial charge >= 0.3 is 0 Å². The number of rotatable bonds is 3. The van der Waals surface area contributed by atoms with E-state index in [2.05, 4.69) is 9.97 Å². The predicted octanol–water partition coefficient (Wildman–Crippen LogP) is 0.345. The first-order valence-corrected chi connectivity index (χ1v) is 4.51. The molecule has 8 heteroatoms. The summed E-state index contributed by atoms with van der Waals surface area (Å²) in [5.74, 6) is 0.101. The average Bonchev–Trinajstić information content (AvgIpc) is 2.03. The van der Waals surface area contributed by atoms with Crippen LogP contribution in [0.5, 0.6) is 5.75 Å². The summed E-state index contributed by atoms with van der Waals surface area (Å²) in [5, 5.41) is 0.0467. The van der Waals surface area contributed by atoms with Crippen molar-refractivity contribution >= 4 is 28.7 Å². The van der Waals surface area contributed by atoms with Gasteiger partial charge in [0.2, 0.25) is 0 Å². The zero-order chi connectivity index (χ0) is 9.84. The number of ether oxygens (including phenoxy) is 1. The number of hydrogen-bond acceptors (Lipinski definition) is 5. The van der Waals surface area contributed by atoms with Crippen molar-refractivity contribution < 1.29 is 13.5 Å². The van der Waals surface area contributed by atoms with Crippen molar-refractivity contribution in [3.05, 3.63) is 11.5 Å². The van der Waals surface area contributed by atoms with Gasteiger partial charge in [0.25, 0.3) is 0 Å². The van der Waals surface area contributed by atoms with E-state index >= 15 is 0 Å². The Bertz CT molecular complexity index is 335. The van der Waals surface area contributed by atoms with Crippen molar-refractivity contribution in [1.29, 1.82) is 0 Å². The van der Waals surface area contributed by atoms with Gasteiger partial charge < -0.3 is 9.29 Å². The molecule has 1 aromatic heterocycles. The number of halogens is 1. The first kappa shape index (κ1) is 10.2. The maximum absolute atomic E-state index is 10.3. The quantitative estimate of drug-likeness (QED) is 0.589. The Morgan fingerprint density at radius 2 is 2.38 bits per heavy atom. The van der Waals surface area contributed by atoms with E-state index in [9.17, 15) is 8.76 Å². The number of aromatic nitrogens is 2. The minimum Gasteiger partial charge on any atom is -0.755 e. The van der Waals surface area contributed by atoms with Crippen molar-refractivity contribution in [3.63, 3.8) is 0 Å². The highest BCUT2D eigenvalue weighted by Gasteiger charge is 2.09. The lowest BCUT2D eigenvalue weighted by Gasteiger charge is -2.11. The second kappa shape index (κ2) is 4.35. The minimum absolute atomic E-state index is 0.0100. The fourth-order valence-electron chi connectivity index (χ4n) is 0.685. The van der Waals surface area contributed by atoms with E-state index in [0.29, 0.717) is 0 Å². The summed E-state index contributed by atoms with van der Waals surface area (Å²) in [6.07, 6.45) is 1.13. The normalized spacial score (nSPS) is 12.2. The second-order valence-electron chi connectivity index (χ2n) is 1.88. The van der Waals surface area contributed by atoms with Crippen LogP contribution in [0.1, 0.15) is 0 Å². The summed E-state index contributed by atoms with van der Waals surface area (Å²) in [6, 6.07) is 0. The maximum atomic E-state index is 10.3. The molecule has 1 atom stereocenters. The summed E-state index contributed by atoms with van der Waals surface area (Å²) < 4.78 is 27.4. The van der Waals surface area contributed by atoms with Crippen LogP contribution in [0.3, 0.4) is 0 Å². The molecule has 0 fully saturated rings. The summed E-state index contributed by atoms with van der Waals surface area (Å²) in [6.45, 7) is 0. The molecule has 0 aromatic carbocycles. The van der Waals surface area contributed by atoms with Gasteiger partial charge in [0.15, 0.2) is 16.7 Å². The summed E-state index contributed by atoms with van der Waals surface area (Å²) in [5.41, 5.74) is 0. The number of nitrogens with one attached hydrogen (secondary N) is 1. The molecule has 0 aliphatic carbocycles. The highest BCUT2D eigenvalue weighted by molar-refractivity contribution is 7.80. The molecule has 1 unspecified atom stereocenters. The van der Waals surface area contributed by atoms with Crippen LogP contribution in [0.15, 0.2) is 6.33 Å². The molecule has 0 amide bonds. The topological polar surface area (TPSA) is 87.2 Å². The van der Waals surface area contributed by atoms with Crippen LogP contribution in [-0.4, -0.2) is 25.8 Å². The van der Waals surface area contributed by atoms with Crippen molar-refractivity contribution in [3.8, 4) is 5.75 Å². The van der Waals surface area contributed by atoms with Gasteiger partial charge in [-0.3, -0.25) is 8.93 Å². The van der Waals surface area contributed by atoms with Gasteiger partial charge in [0, 0.05) is 11.3 Å². The smallest absolute Gasteiger partial charge is 0.199 e. The molecular formula is C5H5ClN3O3S-. The Balaban J connectivity index is 3.05. The van der Waals surface area contributed by atoms with Gasteiger partial charge in [-0.15, -0.1) is 0 Å². The molecule has 0 bridgehead atoms. The Kier molecular flexibility index (Phi) is 3.40. The van der Waals surface area contributed by atoms with E-state index < -0.39 is 11.3 Å². The molecular weight excluding hydrogens is 218 g/mol. The van der Waals surface area contributed by atoms with Crippen LogP contribution in [0.2, 0.25) is 5.15 Å². The highest BCUT2D eigenvalue weighted by Crippen LogP contribution is 2.28. The first-order valence-electron chi connectivity index (χ1n) is 3.05. The fourth-order valence-corrected chi connectivity index (χ4v) is 1.20. The van der Waals surface area contributed by atoms with Gasteiger partial charge in [0.1, 0.15) is 6.33 Å². The molecule has 1 heterocycles. The standard InChI is InChI=1S/C5H6ClN3O3S/c1-12-3-4(6)7-2-8-5(3)9-13(10)11/h2H,1H3,(H,10,11)(H,7,8,9)/p-1. The summed E-state index contributed by atoms with van der Waals surface area (Å²) in [7, 11) is 1.34. The van der Waals surface area contributed by atoms with E-state index in [0.717, 1.165) is 6.33 Å². The molecule has 1 N–H and O–H groups in total. The van der Waals surface area contributed by atoms with E-state index in [1.165, 1.54) is 7.11 Å². The Morgan fingerprint density at radius 3 is 2.92 bits per heavy atom.